The van der Waals surface area contributed by atoms with Gasteiger partial charge in [0.2, 0.25) is 0 Å². The van der Waals surface area contributed by atoms with Crippen molar-refractivity contribution in [3.05, 3.63) is 59.7 Å². The summed E-state index contributed by atoms with van der Waals surface area (Å²) in [4.78, 5) is 52.0. The third kappa shape index (κ3) is 9.30. The molecule has 16 heteroatoms. The Hall–Kier alpha value is -4.50. The summed E-state index contributed by atoms with van der Waals surface area (Å²) in [5, 5.41) is 11.9. The van der Waals surface area contributed by atoms with Crippen molar-refractivity contribution in [2.75, 3.05) is 17.7 Å². The van der Waals surface area contributed by atoms with E-state index in [9.17, 15) is 45.5 Å². The second-order valence-corrected chi connectivity index (χ2v) is 17.6. The number of amides is 4. The Morgan fingerprint density at radius 3 is 1.86 bits per heavy atom. The molecule has 0 unspecified atom stereocenters. The lowest BCUT2D eigenvalue weighted by Crippen LogP contribution is -2.67. The van der Waals surface area contributed by atoms with Gasteiger partial charge in [0.1, 0.15) is 6.10 Å². The summed E-state index contributed by atoms with van der Waals surface area (Å²) in [5.74, 6) is -0.820. The Bertz CT molecular complexity index is 1860. The molecule has 6 rings (SSSR count). The number of alkyl halides is 6. The molecule has 0 aromatic heterocycles. The Balaban J connectivity index is 1.33. The predicted octanol–water partition coefficient (Wildman–Crippen LogP) is 9.80. The number of nitrogens with one attached hydrogen (secondary N) is 4. The van der Waals surface area contributed by atoms with E-state index in [1.807, 2.05) is 0 Å². The van der Waals surface area contributed by atoms with Crippen molar-refractivity contribution < 1.29 is 55.0 Å². The Morgan fingerprint density at radius 2 is 1.34 bits per heavy atom. The van der Waals surface area contributed by atoms with Gasteiger partial charge in [0.05, 0.1) is 18.2 Å². The first-order chi connectivity index (χ1) is 27.6. The van der Waals surface area contributed by atoms with Gasteiger partial charge in [-0.15, -0.1) is 0 Å². The van der Waals surface area contributed by atoms with E-state index >= 15 is 0 Å². The average molecular weight is 837 g/mol. The molecule has 4 aliphatic rings. The third-order valence-electron chi connectivity index (χ3n) is 14.5. The number of benzene rings is 2. The van der Waals surface area contributed by atoms with E-state index in [-0.39, 0.29) is 82.8 Å². The normalized spacial score (nSPS) is 32.0. The van der Waals surface area contributed by atoms with Crippen LogP contribution in [0.2, 0.25) is 0 Å². The van der Waals surface area contributed by atoms with Crippen molar-refractivity contribution in [2.24, 2.45) is 46.3 Å². The molecule has 0 saturated heterocycles. The minimum Gasteiger partial charge on any atom is -0.469 e. The summed E-state index contributed by atoms with van der Waals surface area (Å²) in [6, 6.07) is 6.50. The Morgan fingerprint density at radius 1 is 0.780 bits per heavy atom. The standard InChI is InChI=1S/C43H54F6N4O6/c1-23(6-17-36(55)58-5)31-15-16-32-37-33(22-35(41(31,32)4)53-39(57)51-29-13-9-26(10-14-29)43(47,48)49)40(3)19-18-30(59-24(2)54)20-27(40)21-34(37)52-38(56)50-28-11-7-25(8-12-28)42(44,45)46/h7-14,23,27,30-35,37H,6,15-22H2,1-5H3,(H2,50,52,56)(H2,51,53,57)/t23-,27+,30-,31-,32+,33+,34-,35+,37+,40+,41-/m1/s1. The molecule has 324 valence electrons. The van der Waals surface area contributed by atoms with Gasteiger partial charge in [0, 0.05) is 36.8 Å². The van der Waals surface area contributed by atoms with Crippen molar-refractivity contribution in [2.45, 2.75) is 116 Å². The summed E-state index contributed by atoms with van der Waals surface area (Å²) in [5.41, 5.74) is -2.15. The minimum atomic E-state index is -4.54. The number of halogens is 6. The highest BCUT2D eigenvalue weighted by Gasteiger charge is 2.66. The van der Waals surface area contributed by atoms with Crippen LogP contribution in [-0.2, 0) is 31.4 Å². The zero-order valence-corrected chi connectivity index (χ0v) is 33.9. The maximum Gasteiger partial charge on any atom is 0.416 e. The molecule has 0 radical (unpaired) electrons. The number of urea groups is 2. The van der Waals surface area contributed by atoms with Crippen molar-refractivity contribution in [3.8, 4) is 0 Å². The third-order valence-corrected chi connectivity index (χ3v) is 14.5. The van der Waals surface area contributed by atoms with Gasteiger partial charge in [-0.2, -0.15) is 26.3 Å². The predicted molar refractivity (Wildman–Crippen MR) is 207 cm³/mol. The van der Waals surface area contributed by atoms with Crippen LogP contribution in [-0.4, -0.2) is 49.3 Å². The van der Waals surface area contributed by atoms with E-state index < -0.39 is 47.0 Å². The number of carbonyl (C=O) groups is 4. The maximum absolute atomic E-state index is 13.9. The Labute approximate surface area is 340 Å². The zero-order valence-electron chi connectivity index (χ0n) is 33.9. The number of hydrogen-bond acceptors (Lipinski definition) is 6. The van der Waals surface area contributed by atoms with E-state index in [1.54, 1.807) is 0 Å². The van der Waals surface area contributed by atoms with Crippen molar-refractivity contribution in [3.63, 3.8) is 0 Å². The smallest absolute Gasteiger partial charge is 0.416 e. The van der Waals surface area contributed by atoms with Gasteiger partial charge in [-0.05, 0) is 146 Å². The van der Waals surface area contributed by atoms with Gasteiger partial charge in [0.15, 0.2) is 0 Å². The van der Waals surface area contributed by atoms with Crippen molar-refractivity contribution in [1.29, 1.82) is 0 Å². The monoisotopic (exact) mass is 836 g/mol. The van der Waals surface area contributed by atoms with Crippen LogP contribution in [0.5, 0.6) is 0 Å². The second kappa shape index (κ2) is 16.9. The van der Waals surface area contributed by atoms with Gasteiger partial charge < -0.3 is 30.7 Å². The quantitative estimate of drug-likeness (QED) is 0.147. The molecule has 4 aliphatic carbocycles. The van der Waals surface area contributed by atoms with Gasteiger partial charge >= 0.3 is 36.4 Å². The summed E-state index contributed by atoms with van der Waals surface area (Å²) >= 11 is 0. The maximum atomic E-state index is 13.9. The van der Waals surface area contributed by atoms with Crippen LogP contribution in [0.25, 0.3) is 0 Å². The molecular weight excluding hydrogens is 782 g/mol. The molecule has 0 aliphatic heterocycles. The number of hydrogen-bond donors (Lipinski definition) is 4. The summed E-state index contributed by atoms with van der Waals surface area (Å²) < 4.78 is 90.2. The fraction of sp³-hybridized carbons (Fsp3) is 0.628. The average Bonchev–Trinajstić information content (AvgIpc) is 3.52. The summed E-state index contributed by atoms with van der Waals surface area (Å²) in [7, 11) is 1.34. The van der Waals surface area contributed by atoms with Gasteiger partial charge in [-0.3, -0.25) is 9.59 Å². The first-order valence-electron chi connectivity index (χ1n) is 20.4. The zero-order chi connectivity index (χ0) is 43.1. The number of fused-ring (bicyclic) bond motifs is 5. The van der Waals surface area contributed by atoms with Crippen LogP contribution in [0.4, 0.5) is 47.3 Å². The second-order valence-electron chi connectivity index (χ2n) is 17.6. The van der Waals surface area contributed by atoms with Crippen molar-refractivity contribution in [1.82, 2.24) is 10.6 Å². The first kappa shape index (κ1) is 44.1. The molecular formula is C43H54F6N4O6. The number of methoxy groups -OCH3 is 1. The molecule has 11 atom stereocenters. The Kier molecular flexibility index (Phi) is 12.6. The van der Waals surface area contributed by atoms with Crippen LogP contribution in [0, 0.1) is 46.3 Å². The highest BCUT2D eigenvalue weighted by molar-refractivity contribution is 5.90. The molecule has 2 aromatic rings. The fourth-order valence-electron chi connectivity index (χ4n) is 11.7. The highest BCUT2D eigenvalue weighted by atomic mass is 19.4. The number of anilines is 2. The van der Waals surface area contributed by atoms with E-state index in [0.717, 1.165) is 43.5 Å². The molecule has 10 nitrogen and oxygen atoms in total. The minimum absolute atomic E-state index is 0.000351. The number of carbonyl (C=O) groups excluding carboxylic acids is 4. The first-order valence-corrected chi connectivity index (χ1v) is 20.4. The van der Waals surface area contributed by atoms with E-state index in [2.05, 4.69) is 42.0 Å². The number of rotatable bonds is 9. The van der Waals surface area contributed by atoms with Crippen LogP contribution in [0.1, 0.15) is 96.6 Å². The molecule has 0 bridgehead atoms. The lowest BCUT2D eigenvalue weighted by molar-refractivity contribution is -0.167. The van der Waals surface area contributed by atoms with E-state index in [0.29, 0.717) is 32.1 Å². The molecule has 59 heavy (non-hydrogen) atoms. The van der Waals surface area contributed by atoms with E-state index in [4.69, 9.17) is 9.47 Å². The number of ether oxygens (including phenoxy) is 2. The van der Waals surface area contributed by atoms with Gasteiger partial charge in [-0.1, -0.05) is 20.8 Å². The summed E-state index contributed by atoms with van der Waals surface area (Å²) in [6.07, 6.45) is -4.05. The molecule has 4 fully saturated rings. The lowest BCUT2D eigenvalue weighted by Gasteiger charge is -2.65. The van der Waals surface area contributed by atoms with Gasteiger partial charge in [-0.25, -0.2) is 9.59 Å². The largest absolute Gasteiger partial charge is 0.469 e. The molecule has 4 amide bonds. The molecule has 2 aromatic carbocycles. The van der Waals surface area contributed by atoms with Crippen LogP contribution in [0.3, 0.4) is 0 Å². The summed E-state index contributed by atoms with van der Waals surface area (Å²) in [6.45, 7) is 7.87. The highest BCUT2D eigenvalue weighted by Crippen LogP contribution is 2.68. The fourth-order valence-corrected chi connectivity index (χ4v) is 11.7. The van der Waals surface area contributed by atoms with Crippen molar-refractivity contribution >= 4 is 35.4 Å². The topological polar surface area (TPSA) is 135 Å². The van der Waals surface area contributed by atoms with Crippen LogP contribution >= 0.6 is 0 Å². The SMILES string of the molecule is COC(=O)CC[C@@H](C)[C@H]1CC[C@H]2[C@@H]3[C@H](NC(=O)Nc4ccc(C(F)(F)F)cc4)C[C@@H]4C[C@H](OC(C)=O)CC[C@]4(C)[C@H]3C[C@H](NC(=O)Nc3ccc(C(F)(F)F)cc3)[C@]12C. The molecule has 0 spiro atoms. The number of esters is 2. The van der Waals surface area contributed by atoms with Crippen LogP contribution < -0.4 is 21.3 Å². The van der Waals surface area contributed by atoms with Crippen LogP contribution in [0.15, 0.2) is 48.5 Å². The lowest BCUT2D eigenvalue weighted by atomic mass is 9.42. The molecule has 0 heterocycles. The van der Waals surface area contributed by atoms with E-state index in [1.165, 1.54) is 38.3 Å². The van der Waals surface area contributed by atoms with Gasteiger partial charge in [0.25, 0.3) is 0 Å². The molecule has 4 N–H and O–H groups in total. The molecule has 4 saturated carbocycles.